The summed E-state index contributed by atoms with van der Waals surface area (Å²) in [5, 5.41) is 14.2. The molecule has 1 N–H and O–H groups in total. The monoisotopic (exact) mass is 295 g/mol. The van der Waals surface area contributed by atoms with Gasteiger partial charge in [0.15, 0.2) is 18.0 Å². The molecule has 0 unspecified atom stereocenters. The summed E-state index contributed by atoms with van der Waals surface area (Å²) in [6.45, 7) is 3.75. The van der Waals surface area contributed by atoms with E-state index in [0.29, 0.717) is 27.3 Å². The Hall–Kier alpha value is -2.89. The van der Waals surface area contributed by atoms with Crippen molar-refractivity contribution >= 4 is 22.7 Å². The molecule has 110 valence electrons. The molecule has 0 saturated heterocycles. The van der Waals surface area contributed by atoms with Crippen LogP contribution in [0.3, 0.4) is 0 Å². The number of anilines is 1. The third-order valence-electron chi connectivity index (χ3n) is 4.04. The Morgan fingerprint density at radius 1 is 1.36 bits per heavy atom. The molecule has 0 spiro atoms. The highest BCUT2D eigenvalue weighted by Gasteiger charge is 2.39. The van der Waals surface area contributed by atoms with Gasteiger partial charge in [0, 0.05) is 17.8 Å². The maximum Gasteiger partial charge on any atom is 0.234 e. The van der Waals surface area contributed by atoms with Gasteiger partial charge in [0.2, 0.25) is 11.8 Å². The van der Waals surface area contributed by atoms with Crippen LogP contribution >= 0.6 is 0 Å². The molecule has 2 aromatic heterocycles. The fourth-order valence-electron chi connectivity index (χ4n) is 2.70. The molecule has 1 aromatic carbocycles. The Labute approximate surface area is 126 Å². The van der Waals surface area contributed by atoms with Crippen molar-refractivity contribution in [3.05, 3.63) is 47.4 Å². The minimum absolute atomic E-state index is 0.0363. The Balaban J connectivity index is 1.89. The van der Waals surface area contributed by atoms with Crippen molar-refractivity contribution in [2.75, 3.05) is 5.32 Å². The average Bonchev–Trinajstić information content (AvgIpc) is 2.97. The number of fused-ring (bicyclic) bond motifs is 2. The number of aromatic nitrogens is 2. The molecule has 6 heteroatoms. The van der Waals surface area contributed by atoms with E-state index in [2.05, 4.69) is 10.3 Å². The van der Waals surface area contributed by atoms with Crippen LogP contribution in [0.25, 0.3) is 22.6 Å². The standard InChI is InChI=1S/C16H13N3O3/c1-16(2)10-6-12-13(7-11(10)18-15(16)20)22-14(17-12)9-4-3-5-19(21)8-9/h3-8H,1-2H3,(H,18,20). The van der Waals surface area contributed by atoms with Gasteiger partial charge in [-0.3, -0.25) is 4.79 Å². The smallest absolute Gasteiger partial charge is 0.234 e. The summed E-state index contributed by atoms with van der Waals surface area (Å²) >= 11 is 0. The van der Waals surface area contributed by atoms with E-state index in [1.165, 1.54) is 12.4 Å². The van der Waals surface area contributed by atoms with Crippen LogP contribution in [0, 0.1) is 5.21 Å². The molecule has 1 amide bonds. The molecular weight excluding hydrogens is 282 g/mol. The number of nitrogens with zero attached hydrogens (tertiary/aromatic N) is 2. The predicted octanol–water partition coefficient (Wildman–Crippen LogP) is 2.36. The number of carbonyl (C=O) groups is 1. The summed E-state index contributed by atoms with van der Waals surface area (Å²) in [5.41, 5.74) is 2.91. The Kier molecular flexibility index (Phi) is 2.37. The van der Waals surface area contributed by atoms with Crippen LogP contribution in [0.4, 0.5) is 5.69 Å². The first kappa shape index (κ1) is 12.8. The third kappa shape index (κ3) is 1.70. The normalized spacial score (nSPS) is 15.8. The van der Waals surface area contributed by atoms with Gasteiger partial charge in [0.05, 0.1) is 5.41 Å². The van der Waals surface area contributed by atoms with Crippen LogP contribution in [-0.2, 0) is 10.2 Å². The number of hydrogen-bond donors (Lipinski definition) is 1. The highest BCUT2D eigenvalue weighted by atomic mass is 16.5. The van der Waals surface area contributed by atoms with Crippen molar-refractivity contribution in [3.63, 3.8) is 0 Å². The minimum atomic E-state index is -0.590. The number of rotatable bonds is 1. The zero-order chi connectivity index (χ0) is 15.5. The van der Waals surface area contributed by atoms with Crippen molar-refractivity contribution in [1.29, 1.82) is 0 Å². The van der Waals surface area contributed by atoms with Gasteiger partial charge in [0.1, 0.15) is 11.1 Å². The molecule has 3 aromatic rings. The number of hydrogen-bond acceptors (Lipinski definition) is 4. The number of oxazole rings is 1. The van der Waals surface area contributed by atoms with Gasteiger partial charge < -0.3 is 14.9 Å². The molecule has 0 atom stereocenters. The lowest BCUT2D eigenvalue weighted by Gasteiger charge is -2.14. The van der Waals surface area contributed by atoms with Crippen LogP contribution in [0.1, 0.15) is 19.4 Å². The number of carbonyl (C=O) groups excluding carboxylic acids is 1. The third-order valence-corrected chi connectivity index (χ3v) is 4.04. The van der Waals surface area contributed by atoms with Gasteiger partial charge in [-0.2, -0.15) is 4.73 Å². The molecule has 0 bridgehead atoms. The number of nitrogens with one attached hydrogen (secondary N) is 1. The van der Waals surface area contributed by atoms with Crippen LogP contribution in [0.5, 0.6) is 0 Å². The molecule has 0 fully saturated rings. The van der Waals surface area contributed by atoms with Crippen molar-refractivity contribution in [2.24, 2.45) is 0 Å². The fraction of sp³-hybridized carbons (Fsp3) is 0.188. The van der Waals surface area contributed by atoms with E-state index in [1.54, 1.807) is 18.2 Å². The second-order valence-corrected chi connectivity index (χ2v) is 5.92. The molecule has 0 aliphatic carbocycles. The van der Waals surface area contributed by atoms with Gasteiger partial charge in [0.25, 0.3) is 0 Å². The van der Waals surface area contributed by atoms with Crippen LogP contribution in [0.2, 0.25) is 0 Å². The van der Waals surface area contributed by atoms with E-state index in [1.807, 2.05) is 19.9 Å². The summed E-state index contributed by atoms with van der Waals surface area (Å²) in [6.07, 6.45) is 2.81. The van der Waals surface area contributed by atoms with Gasteiger partial charge in [-0.1, -0.05) is 0 Å². The van der Waals surface area contributed by atoms with Gasteiger partial charge in [-0.25, -0.2) is 4.98 Å². The van der Waals surface area contributed by atoms with E-state index >= 15 is 0 Å². The SMILES string of the molecule is CC1(C)C(=O)Nc2cc3oc(-c4ccc[n+]([O-])c4)nc3cc21. The van der Waals surface area contributed by atoms with E-state index in [-0.39, 0.29) is 5.91 Å². The van der Waals surface area contributed by atoms with E-state index < -0.39 is 5.41 Å². The van der Waals surface area contributed by atoms with Crippen molar-refractivity contribution in [2.45, 2.75) is 19.3 Å². The molecule has 1 aliphatic heterocycles. The predicted molar refractivity (Wildman–Crippen MR) is 80.1 cm³/mol. The highest BCUT2D eigenvalue weighted by Crippen LogP contribution is 2.40. The van der Waals surface area contributed by atoms with Crippen LogP contribution in [0.15, 0.2) is 41.1 Å². The highest BCUT2D eigenvalue weighted by molar-refractivity contribution is 6.07. The lowest BCUT2D eigenvalue weighted by Crippen LogP contribution is -2.26. The first-order valence-corrected chi connectivity index (χ1v) is 6.91. The second kappa shape index (κ2) is 4.07. The summed E-state index contributed by atoms with van der Waals surface area (Å²) in [7, 11) is 0. The number of pyridine rings is 1. The number of benzene rings is 1. The Bertz CT molecular complexity index is 928. The zero-order valence-corrected chi connectivity index (χ0v) is 12.1. The Morgan fingerprint density at radius 2 is 2.18 bits per heavy atom. The van der Waals surface area contributed by atoms with Crippen LogP contribution in [-0.4, -0.2) is 10.9 Å². The minimum Gasteiger partial charge on any atom is -0.619 e. The average molecular weight is 295 g/mol. The van der Waals surface area contributed by atoms with Crippen molar-refractivity contribution < 1.29 is 13.9 Å². The van der Waals surface area contributed by atoms with Gasteiger partial charge >= 0.3 is 0 Å². The molecule has 4 rings (SSSR count). The molecule has 0 radical (unpaired) electrons. The molecule has 1 aliphatic rings. The summed E-state index contributed by atoms with van der Waals surface area (Å²) in [5.74, 6) is 0.346. The molecular formula is C16H13N3O3. The first-order chi connectivity index (χ1) is 10.4. The van der Waals surface area contributed by atoms with Gasteiger partial charge in [-0.15, -0.1) is 0 Å². The summed E-state index contributed by atoms with van der Waals surface area (Å²) < 4.78 is 6.43. The topological polar surface area (TPSA) is 82.1 Å². The fourth-order valence-corrected chi connectivity index (χ4v) is 2.70. The van der Waals surface area contributed by atoms with Crippen molar-refractivity contribution in [1.82, 2.24) is 4.98 Å². The quantitative estimate of drug-likeness (QED) is 0.552. The molecule has 22 heavy (non-hydrogen) atoms. The first-order valence-electron chi connectivity index (χ1n) is 6.91. The molecule has 0 saturated carbocycles. The maximum atomic E-state index is 12.0. The van der Waals surface area contributed by atoms with Crippen molar-refractivity contribution in [3.8, 4) is 11.5 Å². The Morgan fingerprint density at radius 3 is 2.95 bits per heavy atom. The number of amides is 1. The van der Waals surface area contributed by atoms with E-state index in [0.717, 1.165) is 11.3 Å². The van der Waals surface area contributed by atoms with Gasteiger partial charge in [-0.05, 0) is 31.5 Å². The maximum absolute atomic E-state index is 12.0. The molecule has 6 nitrogen and oxygen atoms in total. The lowest BCUT2D eigenvalue weighted by molar-refractivity contribution is -0.604. The van der Waals surface area contributed by atoms with Crippen LogP contribution < -0.4 is 10.0 Å². The summed E-state index contributed by atoms with van der Waals surface area (Å²) in [4.78, 5) is 16.4. The zero-order valence-electron chi connectivity index (χ0n) is 12.1. The van der Waals surface area contributed by atoms with E-state index in [9.17, 15) is 10.0 Å². The molecule has 3 heterocycles. The second-order valence-electron chi connectivity index (χ2n) is 5.92. The lowest BCUT2D eigenvalue weighted by atomic mass is 9.86. The van der Waals surface area contributed by atoms with E-state index in [4.69, 9.17) is 4.42 Å². The largest absolute Gasteiger partial charge is 0.619 e. The summed E-state index contributed by atoms with van der Waals surface area (Å²) in [6, 6.07) is 7.05.